The fourth-order valence-corrected chi connectivity index (χ4v) is 3.92. The Hall–Kier alpha value is -4.47. The molecule has 1 amide bonds. The molecule has 0 unspecified atom stereocenters. The Morgan fingerprint density at radius 2 is 1.66 bits per heavy atom. The van der Waals surface area contributed by atoms with Gasteiger partial charge in [0, 0.05) is 23.4 Å². The van der Waals surface area contributed by atoms with Gasteiger partial charge in [0.05, 0.1) is 22.1 Å². The molecule has 1 aliphatic rings. The van der Waals surface area contributed by atoms with Crippen LogP contribution in [-0.4, -0.2) is 21.7 Å². The van der Waals surface area contributed by atoms with Gasteiger partial charge in [0.25, 0.3) is 17.4 Å². The standard InChI is InChI=1S/C25H17F3N2O5/c1-14-8-10-15(11-9-14)22(31)20-21(16-4-2-7-19(12-16)30(34)35)29(24(33)23(20)32)18-6-3-5-17(13-18)25(26,27)28/h2-13,21,31H,1H3/b22-20-/t21-/m0/s1. The van der Waals surface area contributed by atoms with Crippen LogP contribution in [0.15, 0.2) is 78.4 Å². The van der Waals surface area contributed by atoms with E-state index < -0.39 is 45.7 Å². The van der Waals surface area contributed by atoms with Gasteiger partial charge in [0.15, 0.2) is 0 Å². The first-order valence-electron chi connectivity index (χ1n) is 10.3. The number of aryl methyl sites for hydroxylation is 1. The van der Waals surface area contributed by atoms with E-state index in [0.717, 1.165) is 28.7 Å². The molecule has 1 N–H and O–H groups in total. The van der Waals surface area contributed by atoms with Gasteiger partial charge in [0.2, 0.25) is 0 Å². The molecule has 1 fully saturated rings. The molecule has 1 heterocycles. The van der Waals surface area contributed by atoms with Crippen molar-refractivity contribution in [2.45, 2.75) is 19.1 Å². The molecule has 0 aliphatic carbocycles. The van der Waals surface area contributed by atoms with Gasteiger partial charge in [-0.15, -0.1) is 0 Å². The van der Waals surface area contributed by atoms with Crippen molar-refractivity contribution in [3.05, 3.63) is 111 Å². The largest absolute Gasteiger partial charge is 0.507 e. The lowest BCUT2D eigenvalue weighted by molar-refractivity contribution is -0.384. The number of benzene rings is 3. The van der Waals surface area contributed by atoms with Crippen molar-refractivity contribution < 1.29 is 32.8 Å². The zero-order chi connectivity index (χ0) is 25.5. The van der Waals surface area contributed by atoms with Crippen molar-refractivity contribution in [3.63, 3.8) is 0 Å². The number of aliphatic hydroxyl groups excluding tert-OH is 1. The summed E-state index contributed by atoms with van der Waals surface area (Å²) in [6.07, 6.45) is -4.72. The molecule has 1 atom stereocenters. The fourth-order valence-electron chi connectivity index (χ4n) is 3.92. The van der Waals surface area contributed by atoms with Crippen LogP contribution in [0.1, 0.15) is 28.3 Å². The number of hydrogen-bond acceptors (Lipinski definition) is 5. The van der Waals surface area contributed by atoms with E-state index in [0.29, 0.717) is 6.07 Å². The maximum Gasteiger partial charge on any atom is 0.416 e. The SMILES string of the molecule is Cc1ccc(/C(O)=C2/C(=O)C(=O)N(c3cccc(C(F)(F)F)c3)[C@H]2c2cccc([N+](=O)[O-])c2)cc1. The molecule has 4 rings (SSSR count). The van der Waals surface area contributed by atoms with Crippen molar-refractivity contribution in [3.8, 4) is 0 Å². The lowest BCUT2D eigenvalue weighted by Gasteiger charge is -2.26. The fraction of sp³-hybridized carbons (Fsp3) is 0.120. The zero-order valence-electron chi connectivity index (χ0n) is 18.1. The molecule has 3 aromatic carbocycles. The second-order valence-corrected chi connectivity index (χ2v) is 7.94. The minimum absolute atomic E-state index is 0.0736. The Kier molecular flexibility index (Phi) is 5.89. The van der Waals surface area contributed by atoms with E-state index in [9.17, 15) is 38.0 Å². The molecule has 3 aromatic rings. The van der Waals surface area contributed by atoms with Crippen LogP contribution in [0.4, 0.5) is 24.5 Å². The number of halogens is 3. The first-order valence-corrected chi connectivity index (χ1v) is 10.3. The molecular formula is C25H17F3N2O5. The van der Waals surface area contributed by atoms with Crippen LogP contribution in [0.25, 0.3) is 5.76 Å². The summed E-state index contributed by atoms with van der Waals surface area (Å²) in [5.41, 5.74) is -0.905. The molecule has 10 heteroatoms. The molecule has 1 aliphatic heterocycles. The van der Waals surface area contributed by atoms with Gasteiger partial charge in [-0.2, -0.15) is 13.2 Å². The van der Waals surface area contributed by atoms with E-state index in [4.69, 9.17) is 0 Å². The number of ketones is 1. The number of carbonyl (C=O) groups is 2. The number of amides is 1. The van der Waals surface area contributed by atoms with Gasteiger partial charge in [-0.1, -0.05) is 48.0 Å². The van der Waals surface area contributed by atoms with Crippen LogP contribution < -0.4 is 4.90 Å². The monoisotopic (exact) mass is 482 g/mol. The average Bonchev–Trinajstić information content (AvgIpc) is 3.09. The molecule has 0 aromatic heterocycles. The number of Topliss-reactive ketones (excluding diaryl/α,β-unsaturated/α-hetero) is 1. The summed E-state index contributed by atoms with van der Waals surface area (Å²) < 4.78 is 40.1. The minimum atomic E-state index is -4.72. The Bertz CT molecular complexity index is 1380. The van der Waals surface area contributed by atoms with Crippen molar-refractivity contribution in [2.75, 3.05) is 4.90 Å². The summed E-state index contributed by atoms with van der Waals surface area (Å²) in [7, 11) is 0. The number of aliphatic hydroxyl groups is 1. The second kappa shape index (κ2) is 8.71. The smallest absolute Gasteiger partial charge is 0.416 e. The van der Waals surface area contributed by atoms with Crippen molar-refractivity contribution >= 4 is 28.8 Å². The number of non-ortho nitro benzene ring substituents is 1. The molecule has 7 nitrogen and oxygen atoms in total. The van der Waals surface area contributed by atoms with Crippen LogP contribution >= 0.6 is 0 Å². The number of carbonyl (C=O) groups excluding carboxylic acids is 2. The second-order valence-electron chi connectivity index (χ2n) is 7.94. The highest BCUT2D eigenvalue weighted by Crippen LogP contribution is 2.44. The van der Waals surface area contributed by atoms with E-state index in [1.54, 1.807) is 19.1 Å². The highest BCUT2D eigenvalue weighted by molar-refractivity contribution is 6.51. The summed E-state index contributed by atoms with van der Waals surface area (Å²) >= 11 is 0. The Morgan fingerprint density at radius 1 is 1.00 bits per heavy atom. The molecule has 0 radical (unpaired) electrons. The maximum atomic E-state index is 13.4. The highest BCUT2D eigenvalue weighted by atomic mass is 19.4. The summed E-state index contributed by atoms with van der Waals surface area (Å²) in [5.74, 6) is -2.85. The van der Waals surface area contributed by atoms with Crippen LogP contribution in [0.5, 0.6) is 0 Å². The van der Waals surface area contributed by atoms with Crippen molar-refractivity contribution in [1.29, 1.82) is 0 Å². The molecule has 0 spiro atoms. The highest BCUT2D eigenvalue weighted by Gasteiger charge is 2.47. The average molecular weight is 482 g/mol. The van der Waals surface area contributed by atoms with Crippen molar-refractivity contribution in [2.24, 2.45) is 0 Å². The number of nitro groups is 1. The van der Waals surface area contributed by atoms with Crippen LogP contribution in [-0.2, 0) is 15.8 Å². The van der Waals surface area contributed by atoms with E-state index in [-0.39, 0.29) is 22.5 Å². The number of alkyl halides is 3. The predicted octanol–water partition coefficient (Wildman–Crippen LogP) is 5.55. The first-order chi connectivity index (χ1) is 16.5. The summed E-state index contributed by atoms with van der Waals surface area (Å²) in [6, 6.07) is 13.8. The predicted molar refractivity (Wildman–Crippen MR) is 121 cm³/mol. The van der Waals surface area contributed by atoms with Gasteiger partial charge in [-0.05, 0) is 30.7 Å². The topological polar surface area (TPSA) is 101 Å². The quantitative estimate of drug-likeness (QED) is 0.173. The van der Waals surface area contributed by atoms with E-state index in [1.807, 2.05) is 0 Å². The molecule has 1 saturated heterocycles. The summed E-state index contributed by atoms with van der Waals surface area (Å²) in [5, 5.41) is 22.4. The number of hydrogen-bond donors (Lipinski definition) is 1. The first kappa shape index (κ1) is 23.7. The molecule has 0 bridgehead atoms. The van der Waals surface area contributed by atoms with Crippen molar-refractivity contribution in [1.82, 2.24) is 0 Å². The lowest BCUT2D eigenvalue weighted by atomic mass is 9.94. The van der Waals surface area contributed by atoms with E-state index >= 15 is 0 Å². The Morgan fingerprint density at radius 3 is 2.29 bits per heavy atom. The van der Waals surface area contributed by atoms with Gasteiger partial charge in [0.1, 0.15) is 5.76 Å². The van der Waals surface area contributed by atoms with Crippen LogP contribution in [0.2, 0.25) is 0 Å². The number of anilines is 1. The minimum Gasteiger partial charge on any atom is -0.507 e. The summed E-state index contributed by atoms with van der Waals surface area (Å²) in [6.45, 7) is 1.81. The molecule has 35 heavy (non-hydrogen) atoms. The maximum absolute atomic E-state index is 13.4. The van der Waals surface area contributed by atoms with E-state index in [2.05, 4.69) is 0 Å². The van der Waals surface area contributed by atoms with Crippen LogP contribution in [0, 0.1) is 17.0 Å². The molecular weight excluding hydrogens is 465 g/mol. The lowest BCUT2D eigenvalue weighted by Crippen LogP contribution is -2.29. The van der Waals surface area contributed by atoms with E-state index in [1.165, 1.54) is 36.4 Å². The van der Waals surface area contributed by atoms with Crippen LogP contribution in [0.3, 0.4) is 0 Å². The third kappa shape index (κ3) is 4.37. The van der Waals surface area contributed by atoms with Gasteiger partial charge in [-0.25, -0.2) is 0 Å². The molecule has 178 valence electrons. The number of nitro benzene ring substituents is 1. The third-order valence-electron chi connectivity index (χ3n) is 5.62. The number of nitrogens with zero attached hydrogens (tertiary/aromatic N) is 2. The number of rotatable bonds is 4. The summed E-state index contributed by atoms with van der Waals surface area (Å²) in [4.78, 5) is 37.7. The third-order valence-corrected chi connectivity index (χ3v) is 5.62. The van der Waals surface area contributed by atoms with Gasteiger partial charge >= 0.3 is 6.18 Å². The van der Waals surface area contributed by atoms with Gasteiger partial charge < -0.3 is 5.11 Å². The Labute approximate surface area is 196 Å². The normalized spacial score (nSPS) is 17.6. The molecule has 0 saturated carbocycles. The zero-order valence-corrected chi connectivity index (χ0v) is 18.1. The Balaban J connectivity index is 1.97. The van der Waals surface area contributed by atoms with Gasteiger partial charge in [-0.3, -0.25) is 24.6 Å².